The van der Waals surface area contributed by atoms with E-state index in [2.05, 4.69) is 6.92 Å². The molecule has 1 aliphatic rings. The molecule has 0 aromatic heterocycles. The highest BCUT2D eigenvalue weighted by Gasteiger charge is 2.36. The zero-order chi connectivity index (χ0) is 18.8. The Bertz CT molecular complexity index is 555. The van der Waals surface area contributed by atoms with Gasteiger partial charge in [0, 0.05) is 0 Å². The van der Waals surface area contributed by atoms with Gasteiger partial charge in [-0.2, -0.15) is 0 Å². The van der Waals surface area contributed by atoms with Crippen molar-refractivity contribution >= 4 is 5.97 Å². The smallest absolute Gasteiger partial charge is 0.339 e. The zero-order valence-electron chi connectivity index (χ0n) is 16.1. The van der Waals surface area contributed by atoms with Crippen LogP contribution in [0.4, 0.5) is 0 Å². The average molecular weight is 363 g/mol. The number of unbranched alkanes of at least 4 members (excludes halogenated alkanes) is 7. The molecule has 2 N–H and O–H groups in total. The minimum Gasteiger partial charge on any atom is -0.507 e. The molecule has 0 radical (unpaired) electrons. The molecule has 2 rings (SSSR count). The number of carbonyl (C=O) groups is 1. The maximum Gasteiger partial charge on any atom is 0.339 e. The number of benzene rings is 1. The molecule has 1 aliphatic heterocycles. The van der Waals surface area contributed by atoms with Gasteiger partial charge in [-0.05, 0) is 37.3 Å². The summed E-state index contributed by atoms with van der Waals surface area (Å²) in [6, 6.07) is 4.95. The van der Waals surface area contributed by atoms with E-state index < -0.39 is 5.97 Å². The zero-order valence-corrected chi connectivity index (χ0v) is 16.1. The molecule has 1 heterocycles. The molecule has 1 fully saturated rings. The van der Waals surface area contributed by atoms with Gasteiger partial charge < -0.3 is 14.9 Å². The van der Waals surface area contributed by atoms with E-state index in [0.29, 0.717) is 18.6 Å². The second-order valence-corrected chi connectivity index (χ2v) is 7.49. The summed E-state index contributed by atoms with van der Waals surface area (Å²) in [5.41, 5.74) is 0.790. The van der Waals surface area contributed by atoms with Crippen molar-refractivity contribution in [2.45, 2.75) is 96.2 Å². The third-order valence-corrected chi connectivity index (χ3v) is 5.31. The van der Waals surface area contributed by atoms with Crippen LogP contribution in [0.3, 0.4) is 0 Å². The molecule has 0 amide bonds. The van der Waals surface area contributed by atoms with Crippen LogP contribution in [0.25, 0.3) is 0 Å². The Labute approximate surface area is 157 Å². The second-order valence-electron chi connectivity index (χ2n) is 7.49. The Morgan fingerprint density at radius 1 is 0.962 bits per heavy atom. The van der Waals surface area contributed by atoms with Crippen LogP contribution in [0.15, 0.2) is 18.2 Å². The Balaban J connectivity index is 1.50. The van der Waals surface area contributed by atoms with Gasteiger partial charge in [-0.1, -0.05) is 70.4 Å². The van der Waals surface area contributed by atoms with Crippen molar-refractivity contribution in [1.82, 2.24) is 0 Å². The number of hydrogen-bond donors (Lipinski definition) is 2. The summed E-state index contributed by atoms with van der Waals surface area (Å²) < 4.78 is 5.75. The van der Waals surface area contributed by atoms with E-state index in [1.165, 1.54) is 63.9 Å². The fraction of sp³-hybridized carbons (Fsp3) is 0.682. The summed E-state index contributed by atoms with van der Waals surface area (Å²) in [5.74, 6) is -1.18. The molecule has 1 saturated heterocycles. The number of carboxylic acids is 1. The highest BCUT2D eigenvalue weighted by atomic mass is 16.6. The normalized spacial score (nSPS) is 18.8. The van der Waals surface area contributed by atoms with Gasteiger partial charge >= 0.3 is 5.97 Å². The first-order chi connectivity index (χ1) is 12.6. The first kappa shape index (κ1) is 20.8. The minimum atomic E-state index is -1.05. The molecule has 4 heteroatoms. The number of phenols is 1. The van der Waals surface area contributed by atoms with Crippen LogP contribution >= 0.6 is 0 Å². The van der Waals surface area contributed by atoms with Crippen LogP contribution in [0.1, 0.15) is 93.5 Å². The standard InChI is InChI=1S/C22H34O4/c1-2-3-4-9-15-19-20(26-19)16-10-7-5-6-8-12-17-13-11-14-18(23)21(17)22(24)25/h11,13-14,19-20,23H,2-10,12,15-16H2,1H3,(H,24,25)/t19-,20+/m1/s1. The van der Waals surface area contributed by atoms with E-state index in [9.17, 15) is 15.0 Å². The van der Waals surface area contributed by atoms with Crippen LogP contribution in [-0.2, 0) is 11.2 Å². The molecule has 0 bridgehead atoms. The summed E-state index contributed by atoms with van der Waals surface area (Å²) in [7, 11) is 0. The Kier molecular flexibility index (Phi) is 8.96. The lowest BCUT2D eigenvalue weighted by Gasteiger charge is -2.07. The van der Waals surface area contributed by atoms with Gasteiger partial charge in [-0.15, -0.1) is 0 Å². The first-order valence-corrected chi connectivity index (χ1v) is 10.3. The van der Waals surface area contributed by atoms with Crippen molar-refractivity contribution in [3.8, 4) is 5.75 Å². The molecule has 0 aliphatic carbocycles. The monoisotopic (exact) mass is 362 g/mol. The van der Waals surface area contributed by atoms with Crippen LogP contribution in [0, 0.1) is 0 Å². The maximum absolute atomic E-state index is 11.2. The third kappa shape index (κ3) is 6.99. The number of aryl methyl sites for hydroxylation is 1. The van der Waals surface area contributed by atoms with Gasteiger partial charge in [0.05, 0.1) is 12.2 Å². The first-order valence-electron chi connectivity index (χ1n) is 10.3. The van der Waals surface area contributed by atoms with Crippen molar-refractivity contribution < 1.29 is 19.7 Å². The molecule has 2 atom stereocenters. The Hall–Kier alpha value is -1.55. The second kappa shape index (κ2) is 11.2. The van der Waals surface area contributed by atoms with Crippen LogP contribution in [-0.4, -0.2) is 28.4 Å². The molecule has 4 nitrogen and oxygen atoms in total. The number of rotatable bonds is 14. The molecule has 1 aromatic carbocycles. The summed E-state index contributed by atoms with van der Waals surface area (Å²) in [6.07, 6.45) is 15.1. The summed E-state index contributed by atoms with van der Waals surface area (Å²) in [6.45, 7) is 2.24. The lowest BCUT2D eigenvalue weighted by atomic mass is 9.99. The molecular formula is C22H34O4. The topological polar surface area (TPSA) is 70.1 Å². The van der Waals surface area contributed by atoms with Gasteiger partial charge in [0.15, 0.2) is 0 Å². The number of aromatic hydroxyl groups is 1. The van der Waals surface area contributed by atoms with Crippen LogP contribution in [0.5, 0.6) is 5.75 Å². The maximum atomic E-state index is 11.2. The van der Waals surface area contributed by atoms with E-state index in [1.54, 1.807) is 12.1 Å². The number of aromatic carboxylic acids is 1. The highest BCUT2D eigenvalue weighted by Crippen LogP contribution is 2.31. The van der Waals surface area contributed by atoms with E-state index in [-0.39, 0.29) is 11.3 Å². The van der Waals surface area contributed by atoms with Crippen molar-refractivity contribution in [2.24, 2.45) is 0 Å². The highest BCUT2D eigenvalue weighted by molar-refractivity contribution is 5.92. The number of hydrogen-bond acceptors (Lipinski definition) is 3. The Morgan fingerprint density at radius 3 is 2.23 bits per heavy atom. The quantitative estimate of drug-likeness (QED) is 0.328. The average Bonchev–Trinajstić information content (AvgIpc) is 3.36. The van der Waals surface area contributed by atoms with Crippen LogP contribution < -0.4 is 0 Å². The molecule has 1 aromatic rings. The summed E-state index contributed by atoms with van der Waals surface area (Å²) >= 11 is 0. The van der Waals surface area contributed by atoms with E-state index >= 15 is 0 Å². The van der Waals surface area contributed by atoms with Crippen molar-refractivity contribution in [1.29, 1.82) is 0 Å². The van der Waals surface area contributed by atoms with Gasteiger partial charge in [-0.3, -0.25) is 0 Å². The number of carboxylic acid groups (broad SMARTS) is 1. The fourth-order valence-corrected chi connectivity index (χ4v) is 3.69. The molecule has 146 valence electrons. The predicted octanol–water partition coefficient (Wildman–Crippen LogP) is 5.71. The van der Waals surface area contributed by atoms with Crippen molar-refractivity contribution in [3.05, 3.63) is 29.3 Å². The molecule has 0 unspecified atom stereocenters. The van der Waals surface area contributed by atoms with E-state index in [4.69, 9.17) is 4.74 Å². The number of epoxide rings is 1. The lowest BCUT2D eigenvalue weighted by molar-refractivity contribution is 0.0692. The van der Waals surface area contributed by atoms with Crippen LogP contribution in [0.2, 0.25) is 0 Å². The summed E-state index contributed by atoms with van der Waals surface area (Å²) in [4.78, 5) is 11.2. The fourth-order valence-electron chi connectivity index (χ4n) is 3.69. The van der Waals surface area contributed by atoms with Gasteiger partial charge in [0.2, 0.25) is 0 Å². The molecular weight excluding hydrogens is 328 g/mol. The van der Waals surface area contributed by atoms with Gasteiger partial charge in [-0.25, -0.2) is 4.79 Å². The minimum absolute atomic E-state index is 0.0587. The van der Waals surface area contributed by atoms with Crippen molar-refractivity contribution in [3.63, 3.8) is 0 Å². The largest absolute Gasteiger partial charge is 0.507 e. The number of ether oxygens (including phenoxy) is 1. The SMILES string of the molecule is CCCCCC[C@H]1O[C@H]1CCCCCCCc1cccc(O)c1C(=O)O. The van der Waals surface area contributed by atoms with Crippen molar-refractivity contribution in [2.75, 3.05) is 0 Å². The lowest BCUT2D eigenvalue weighted by Crippen LogP contribution is -2.03. The predicted molar refractivity (Wildman–Crippen MR) is 104 cm³/mol. The van der Waals surface area contributed by atoms with Gasteiger partial charge in [0.1, 0.15) is 11.3 Å². The molecule has 26 heavy (non-hydrogen) atoms. The summed E-state index contributed by atoms with van der Waals surface area (Å²) in [5, 5.41) is 18.9. The van der Waals surface area contributed by atoms with Gasteiger partial charge in [0.25, 0.3) is 0 Å². The molecule has 0 saturated carbocycles. The van der Waals surface area contributed by atoms with E-state index in [0.717, 1.165) is 18.4 Å². The Morgan fingerprint density at radius 2 is 1.58 bits per heavy atom. The van der Waals surface area contributed by atoms with E-state index in [1.807, 2.05) is 0 Å². The third-order valence-electron chi connectivity index (χ3n) is 5.31. The molecule has 0 spiro atoms.